The summed E-state index contributed by atoms with van der Waals surface area (Å²) in [4.78, 5) is 36.3. The Hall–Kier alpha value is -3.46. The summed E-state index contributed by atoms with van der Waals surface area (Å²) in [5.74, 6) is 0.0304. The van der Waals surface area contributed by atoms with Gasteiger partial charge in [-0.25, -0.2) is 4.79 Å². The molecule has 0 aliphatic carbocycles. The number of hydrogen-bond acceptors (Lipinski definition) is 6. The molecular weight excluding hydrogens is 466 g/mol. The van der Waals surface area contributed by atoms with Crippen LogP contribution < -0.4 is 10.6 Å². The van der Waals surface area contributed by atoms with E-state index >= 15 is 0 Å². The summed E-state index contributed by atoms with van der Waals surface area (Å²) in [7, 11) is 1.31. The number of alkyl carbamates (subject to hydrolysis) is 1. The van der Waals surface area contributed by atoms with Crippen molar-refractivity contribution >= 4 is 46.3 Å². The van der Waals surface area contributed by atoms with E-state index in [4.69, 9.17) is 9.47 Å². The number of carbonyl (C=O) groups excluding carboxylic acids is 3. The van der Waals surface area contributed by atoms with Gasteiger partial charge in [-0.05, 0) is 41.6 Å². The first-order valence-corrected chi connectivity index (χ1v) is 12.6. The molecule has 2 amide bonds. The highest BCUT2D eigenvalue weighted by Crippen LogP contribution is 2.21. The minimum absolute atomic E-state index is 0.0340. The van der Waals surface area contributed by atoms with Crippen LogP contribution in [0.15, 0.2) is 60.8 Å². The maximum Gasteiger partial charge on any atom is 0.408 e. The van der Waals surface area contributed by atoms with Gasteiger partial charge in [0.25, 0.3) is 0 Å². The first-order valence-electron chi connectivity index (χ1n) is 11.5. The normalized spacial score (nSPS) is 11.6. The second-order valence-electron chi connectivity index (χ2n) is 7.96. The summed E-state index contributed by atoms with van der Waals surface area (Å²) in [6.45, 7) is 2.57. The number of carbonyl (C=O) groups is 3. The van der Waals surface area contributed by atoms with E-state index in [9.17, 15) is 14.4 Å². The Morgan fingerprint density at radius 2 is 1.83 bits per heavy atom. The fourth-order valence-electron chi connectivity index (χ4n) is 3.38. The number of anilines is 1. The van der Waals surface area contributed by atoms with Gasteiger partial charge in [0.05, 0.1) is 25.5 Å². The van der Waals surface area contributed by atoms with Crippen LogP contribution >= 0.6 is 11.8 Å². The molecule has 3 rings (SSSR count). The summed E-state index contributed by atoms with van der Waals surface area (Å²) < 4.78 is 11.8. The van der Waals surface area contributed by atoms with Gasteiger partial charge in [0.2, 0.25) is 5.91 Å². The second-order valence-corrected chi connectivity index (χ2v) is 9.15. The van der Waals surface area contributed by atoms with Crippen molar-refractivity contribution < 1.29 is 23.9 Å². The van der Waals surface area contributed by atoms with E-state index in [0.717, 1.165) is 29.3 Å². The molecule has 8 nitrogen and oxygen atoms in total. The minimum Gasteiger partial charge on any atom is -0.469 e. The molecule has 0 fully saturated rings. The average molecular weight is 498 g/mol. The highest BCUT2D eigenvalue weighted by atomic mass is 32.2. The van der Waals surface area contributed by atoms with Crippen molar-refractivity contribution in [1.29, 1.82) is 0 Å². The van der Waals surface area contributed by atoms with Gasteiger partial charge < -0.3 is 24.7 Å². The molecule has 0 radical (unpaired) electrons. The molecule has 1 aromatic heterocycles. The molecule has 1 unspecified atom stereocenters. The highest BCUT2D eigenvalue weighted by Gasteiger charge is 2.18. The van der Waals surface area contributed by atoms with Crippen LogP contribution in [0.5, 0.6) is 0 Å². The van der Waals surface area contributed by atoms with E-state index in [2.05, 4.69) is 10.6 Å². The lowest BCUT2D eigenvalue weighted by molar-refractivity contribution is -0.140. The van der Waals surface area contributed by atoms with Crippen LogP contribution in [0.25, 0.3) is 10.9 Å². The monoisotopic (exact) mass is 497 g/mol. The molecule has 0 saturated heterocycles. The zero-order valence-electron chi connectivity index (χ0n) is 20.0. The van der Waals surface area contributed by atoms with Crippen LogP contribution in [0.1, 0.15) is 31.7 Å². The third kappa shape index (κ3) is 8.36. The number of rotatable bonds is 12. The molecule has 0 bridgehead atoms. The summed E-state index contributed by atoms with van der Waals surface area (Å²) in [6, 6.07) is 17.4. The summed E-state index contributed by atoms with van der Waals surface area (Å²) in [5.41, 5.74) is 2.70. The third-order valence-corrected chi connectivity index (χ3v) is 6.46. The van der Waals surface area contributed by atoms with E-state index in [1.165, 1.54) is 18.9 Å². The lowest BCUT2D eigenvalue weighted by Crippen LogP contribution is -2.35. The van der Waals surface area contributed by atoms with Crippen LogP contribution in [-0.2, 0) is 31.4 Å². The zero-order chi connectivity index (χ0) is 25.0. The van der Waals surface area contributed by atoms with Crippen molar-refractivity contribution in [3.63, 3.8) is 0 Å². The predicted molar refractivity (Wildman–Crippen MR) is 138 cm³/mol. The lowest BCUT2D eigenvalue weighted by Gasteiger charge is -2.17. The molecule has 186 valence electrons. The maximum atomic E-state index is 12.5. The maximum absolute atomic E-state index is 12.5. The number of hydrogen-bond donors (Lipinski definition) is 2. The van der Waals surface area contributed by atoms with Gasteiger partial charge in [0, 0.05) is 23.2 Å². The lowest BCUT2D eigenvalue weighted by atomic mass is 10.2. The quantitative estimate of drug-likeness (QED) is 0.209. The fraction of sp³-hybridized carbons (Fsp3) is 0.346. The molecule has 0 saturated carbocycles. The van der Waals surface area contributed by atoms with Gasteiger partial charge in [0.1, 0.15) is 6.54 Å². The van der Waals surface area contributed by atoms with Gasteiger partial charge in [-0.2, -0.15) is 0 Å². The number of ether oxygens (including phenoxy) is 2. The Morgan fingerprint density at radius 3 is 2.57 bits per heavy atom. The molecule has 0 spiro atoms. The molecular formula is C26H31N3O5S. The number of methoxy groups -OCH3 is 1. The number of aromatic nitrogens is 1. The van der Waals surface area contributed by atoms with Crippen molar-refractivity contribution in [2.24, 2.45) is 0 Å². The zero-order valence-corrected chi connectivity index (χ0v) is 20.8. The number of nitrogens with zero attached hydrogens (tertiary/aromatic N) is 1. The molecule has 2 N–H and O–H groups in total. The standard InChI is InChI=1S/C26H31N3O5S/c1-3-4-15-34-26(32)28-24(16-25(31)33-2)35-18-19-9-11-21(12-10-19)27-23(30)17-29-14-13-20-7-5-6-8-22(20)29/h5-14,24H,3-4,15-18H2,1-2H3,(H,27,30)(H,28,32). The minimum atomic E-state index is -0.548. The Kier molecular flexibility index (Phi) is 10.0. The Balaban J connectivity index is 1.51. The summed E-state index contributed by atoms with van der Waals surface area (Å²) in [6.07, 6.45) is 3.10. The number of fused-ring (bicyclic) bond motifs is 1. The SMILES string of the molecule is CCCCOC(=O)NC(CC(=O)OC)SCc1ccc(NC(=O)Cn2ccc3ccccc32)cc1. The molecule has 35 heavy (non-hydrogen) atoms. The number of nitrogens with one attached hydrogen (secondary N) is 2. The molecule has 2 aromatic carbocycles. The largest absolute Gasteiger partial charge is 0.469 e. The number of unbranched alkanes of at least 4 members (excludes halogenated alkanes) is 1. The third-order valence-electron chi connectivity index (χ3n) is 5.27. The molecule has 9 heteroatoms. The first kappa shape index (κ1) is 26.2. The van der Waals surface area contributed by atoms with Gasteiger partial charge >= 0.3 is 12.1 Å². The Morgan fingerprint density at radius 1 is 1.06 bits per heavy atom. The predicted octanol–water partition coefficient (Wildman–Crippen LogP) is 4.93. The number of amides is 2. The van der Waals surface area contributed by atoms with Crippen LogP contribution in [0.3, 0.4) is 0 Å². The van der Waals surface area contributed by atoms with Gasteiger partial charge in [-0.1, -0.05) is 43.7 Å². The Bertz CT molecular complexity index is 1130. The molecule has 1 atom stereocenters. The number of para-hydroxylation sites is 1. The smallest absolute Gasteiger partial charge is 0.408 e. The van der Waals surface area contributed by atoms with E-state index in [0.29, 0.717) is 18.0 Å². The second kappa shape index (κ2) is 13.4. The number of benzene rings is 2. The molecule has 1 heterocycles. The van der Waals surface area contributed by atoms with Crippen LogP contribution in [0, 0.1) is 0 Å². The average Bonchev–Trinajstić information content (AvgIpc) is 3.26. The van der Waals surface area contributed by atoms with Crippen molar-refractivity contribution in [3.05, 3.63) is 66.4 Å². The molecule has 0 aliphatic rings. The number of thioether (sulfide) groups is 1. The van der Waals surface area contributed by atoms with E-state index < -0.39 is 17.4 Å². The summed E-state index contributed by atoms with van der Waals surface area (Å²) in [5, 5.41) is 6.26. The van der Waals surface area contributed by atoms with Crippen molar-refractivity contribution in [2.45, 2.75) is 43.9 Å². The van der Waals surface area contributed by atoms with Crippen molar-refractivity contribution in [1.82, 2.24) is 9.88 Å². The Labute approximate surface area is 209 Å². The van der Waals surface area contributed by atoms with E-state index in [1.54, 1.807) is 0 Å². The van der Waals surface area contributed by atoms with E-state index in [-0.39, 0.29) is 18.9 Å². The number of esters is 1. The van der Waals surface area contributed by atoms with Gasteiger partial charge in [-0.3, -0.25) is 9.59 Å². The summed E-state index contributed by atoms with van der Waals surface area (Å²) >= 11 is 1.41. The van der Waals surface area contributed by atoms with E-state index in [1.807, 2.05) is 72.3 Å². The van der Waals surface area contributed by atoms with Crippen molar-refractivity contribution in [2.75, 3.05) is 19.0 Å². The first-order chi connectivity index (χ1) is 17.0. The van der Waals surface area contributed by atoms with Crippen LogP contribution in [0.4, 0.5) is 10.5 Å². The topological polar surface area (TPSA) is 98.7 Å². The fourth-order valence-corrected chi connectivity index (χ4v) is 4.40. The van der Waals surface area contributed by atoms with Gasteiger partial charge in [0.15, 0.2) is 0 Å². The van der Waals surface area contributed by atoms with Crippen molar-refractivity contribution in [3.8, 4) is 0 Å². The van der Waals surface area contributed by atoms with Crippen LogP contribution in [0.2, 0.25) is 0 Å². The van der Waals surface area contributed by atoms with Gasteiger partial charge in [-0.15, -0.1) is 11.8 Å². The molecule has 0 aliphatic heterocycles. The van der Waals surface area contributed by atoms with Crippen LogP contribution in [-0.4, -0.2) is 41.6 Å². The highest BCUT2D eigenvalue weighted by molar-refractivity contribution is 7.99. The molecule has 3 aromatic rings.